The second-order valence-corrected chi connectivity index (χ2v) is 10.8. The van der Waals surface area contributed by atoms with Crippen molar-refractivity contribution in [1.29, 1.82) is 0 Å². The van der Waals surface area contributed by atoms with Gasteiger partial charge < -0.3 is 19.7 Å². The van der Waals surface area contributed by atoms with Crippen LogP contribution in [0.1, 0.15) is 49.3 Å². The Labute approximate surface area is 239 Å². The Morgan fingerprint density at radius 3 is 2.41 bits per heavy atom. The molecule has 0 heterocycles. The number of carbonyl (C=O) groups is 2. The molecule has 39 heavy (non-hydrogen) atoms. The van der Waals surface area contributed by atoms with Gasteiger partial charge in [0, 0.05) is 19.0 Å². The van der Waals surface area contributed by atoms with E-state index in [2.05, 4.69) is 28.2 Å². The van der Waals surface area contributed by atoms with Crippen molar-refractivity contribution < 1.29 is 19.1 Å². The third kappa shape index (κ3) is 8.09. The summed E-state index contributed by atoms with van der Waals surface area (Å²) in [6.07, 6.45) is 5.48. The number of hydrogen-bond acceptors (Lipinski definition) is 4. The Bertz CT molecular complexity index is 1240. The van der Waals surface area contributed by atoms with Crippen LogP contribution in [-0.2, 0) is 29.0 Å². The average molecular weight is 594 g/mol. The molecule has 0 aromatic heterocycles. The highest BCUT2D eigenvalue weighted by atomic mass is 79.9. The maximum Gasteiger partial charge on any atom is 0.261 e. The standard InChI is InChI=1S/C32H37BrN2O4/c1-3-23-16-17-30(28(33)19-23)39-22-31(36)35(21-25-12-9-15-27(18-25)38-2)29(20-24-10-5-4-6-11-24)32(37)34-26-13-7-8-14-26/h4-6,9-12,15-19,26,29H,3,7-8,13-14,20-22H2,1-2H3,(H,34,37)/t29-/m1/s1. The van der Waals surface area contributed by atoms with E-state index in [1.165, 1.54) is 5.56 Å². The van der Waals surface area contributed by atoms with Gasteiger partial charge in [-0.05, 0) is 76.1 Å². The molecular formula is C32H37BrN2O4. The molecule has 0 bridgehead atoms. The summed E-state index contributed by atoms with van der Waals surface area (Å²) in [6.45, 7) is 2.16. The summed E-state index contributed by atoms with van der Waals surface area (Å²) in [5.74, 6) is 0.908. The predicted octanol–water partition coefficient (Wildman–Crippen LogP) is 6.10. The number of rotatable bonds is 12. The van der Waals surface area contributed by atoms with Gasteiger partial charge in [-0.15, -0.1) is 0 Å². The van der Waals surface area contributed by atoms with Gasteiger partial charge in [0.1, 0.15) is 17.5 Å². The maximum atomic E-state index is 13.9. The fourth-order valence-corrected chi connectivity index (χ4v) is 5.53. The fraction of sp³-hybridized carbons (Fsp3) is 0.375. The van der Waals surface area contributed by atoms with Gasteiger partial charge in [-0.25, -0.2) is 0 Å². The van der Waals surface area contributed by atoms with Crippen molar-refractivity contribution >= 4 is 27.7 Å². The minimum atomic E-state index is -0.693. The summed E-state index contributed by atoms with van der Waals surface area (Å²) in [4.78, 5) is 29.3. The van der Waals surface area contributed by atoms with E-state index in [4.69, 9.17) is 9.47 Å². The van der Waals surface area contributed by atoms with Crippen LogP contribution in [0.3, 0.4) is 0 Å². The van der Waals surface area contributed by atoms with E-state index >= 15 is 0 Å². The maximum absolute atomic E-state index is 13.9. The zero-order chi connectivity index (χ0) is 27.6. The van der Waals surface area contributed by atoms with Crippen LogP contribution >= 0.6 is 15.9 Å². The van der Waals surface area contributed by atoms with E-state index in [0.717, 1.165) is 47.7 Å². The Hall–Kier alpha value is -3.32. The predicted molar refractivity (Wildman–Crippen MR) is 157 cm³/mol. The first-order valence-corrected chi connectivity index (χ1v) is 14.4. The SMILES string of the molecule is CCc1ccc(OCC(=O)N(Cc2cccc(OC)c2)[C@H](Cc2ccccc2)C(=O)NC2CCCC2)c(Br)c1. The number of nitrogens with zero attached hydrogens (tertiary/aromatic N) is 1. The first-order valence-electron chi connectivity index (χ1n) is 13.6. The summed E-state index contributed by atoms with van der Waals surface area (Å²) in [7, 11) is 1.62. The summed E-state index contributed by atoms with van der Waals surface area (Å²) in [6, 6.07) is 22.8. The minimum absolute atomic E-state index is 0.129. The van der Waals surface area contributed by atoms with Crippen LogP contribution in [0, 0.1) is 0 Å². The third-order valence-corrected chi connectivity index (χ3v) is 7.84. The molecule has 0 spiro atoms. The van der Waals surface area contributed by atoms with Crippen LogP contribution in [0.2, 0.25) is 0 Å². The zero-order valence-electron chi connectivity index (χ0n) is 22.7. The van der Waals surface area contributed by atoms with Crippen molar-refractivity contribution in [2.24, 2.45) is 0 Å². The van der Waals surface area contributed by atoms with Gasteiger partial charge in [0.25, 0.3) is 5.91 Å². The number of nitrogens with one attached hydrogen (secondary N) is 1. The molecule has 7 heteroatoms. The Morgan fingerprint density at radius 2 is 1.72 bits per heavy atom. The van der Waals surface area contributed by atoms with Crippen LogP contribution in [0.25, 0.3) is 0 Å². The highest BCUT2D eigenvalue weighted by Gasteiger charge is 2.32. The Morgan fingerprint density at radius 1 is 0.974 bits per heavy atom. The molecule has 0 aliphatic heterocycles. The van der Waals surface area contributed by atoms with Gasteiger partial charge in [0.05, 0.1) is 11.6 Å². The number of methoxy groups -OCH3 is 1. The number of aryl methyl sites for hydroxylation is 1. The molecule has 0 radical (unpaired) electrons. The van der Waals surface area contributed by atoms with Crippen molar-refractivity contribution in [1.82, 2.24) is 10.2 Å². The molecule has 1 aliphatic rings. The second kappa shape index (κ2) is 14.2. The third-order valence-electron chi connectivity index (χ3n) is 7.22. The highest BCUT2D eigenvalue weighted by Crippen LogP contribution is 2.27. The van der Waals surface area contributed by atoms with E-state index in [-0.39, 0.29) is 31.0 Å². The summed E-state index contributed by atoms with van der Waals surface area (Å²) >= 11 is 3.56. The van der Waals surface area contributed by atoms with Crippen LogP contribution in [0.4, 0.5) is 0 Å². The summed E-state index contributed by atoms with van der Waals surface area (Å²) in [5, 5.41) is 3.23. The Kier molecular flexibility index (Phi) is 10.4. The minimum Gasteiger partial charge on any atom is -0.497 e. The molecule has 4 rings (SSSR count). The number of ether oxygens (including phenoxy) is 2. The van der Waals surface area contributed by atoms with Gasteiger partial charge in [-0.3, -0.25) is 9.59 Å². The van der Waals surface area contributed by atoms with Gasteiger partial charge >= 0.3 is 0 Å². The summed E-state index contributed by atoms with van der Waals surface area (Å²) in [5.41, 5.74) is 3.04. The largest absolute Gasteiger partial charge is 0.497 e. The van der Waals surface area contributed by atoms with E-state index in [1.54, 1.807) is 12.0 Å². The number of hydrogen-bond donors (Lipinski definition) is 1. The molecular weight excluding hydrogens is 556 g/mol. The van der Waals surface area contributed by atoms with E-state index in [9.17, 15) is 9.59 Å². The van der Waals surface area contributed by atoms with Crippen molar-refractivity contribution in [3.05, 3.63) is 94.0 Å². The first kappa shape index (κ1) is 28.7. The van der Waals surface area contributed by atoms with E-state index < -0.39 is 6.04 Å². The topological polar surface area (TPSA) is 67.9 Å². The number of carbonyl (C=O) groups excluding carboxylic acids is 2. The molecule has 0 unspecified atom stereocenters. The number of halogens is 1. The van der Waals surface area contributed by atoms with Crippen molar-refractivity contribution in [3.8, 4) is 11.5 Å². The van der Waals surface area contributed by atoms with Gasteiger partial charge in [-0.1, -0.05) is 68.3 Å². The number of amides is 2. The van der Waals surface area contributed by atoms with Crippen molar-refractivity contribution in [3.63, 3.8) is 0 Å². The van der Waals surface area contributed by atoms with E-state index in [0.29, 0.717) is 17.9 Å². The lowest BCUT2D eigenvalue weighted by Crippen LogP contribution is -2.53. The molecule has 1 N–H and O–H groups in total. The first-order chi connectivity index (χ1) is 19.0. The molecule has 206 valence electrons. The second-order valence-electron chi connectivity index (χ2n) is 9.98. The molecule has 2 amide bonds. The van der Waals surface area contributed by atoms with Gasteiger partial charge in [0.15, 0.2) is 6.61 Å². The number of benzene rings is 3. The monoisotopic (exact) mass is 592 g/mol. The molecule has 1 aliphatic carbocycles. The van der Waals surface area contributed by atoms with Crippen LogP contribution in [0.5, 0.6) is 11.5 Å². The molecule has 3 aromatic rings. The molecule has 1 fully saturated rings. The fourth-order valence-electron chi connectivity index (χ4n) is 4.99. The highest BCUT2D eigenvalue weighted by molar-refractivity contribution is 9.10. The molecule has 6 nitrogen and oxygen atoms in total. The van der Waals surface area contributed by atoms with Crippen LogP contribution in [0.15, 0.2) is 77.3 Å². The zero-order valence-corrected chi connectivity index (χ0v) is 24.3. The molecule has 1 saturated carbocycles. The Balaban J connectivity index is 1.62. The molecule has 3 aromatic carbocycles. The smallest absolute Gasteiger partial charge is 0.261 e. The lowest BCUT2D eigenvalue weighted by atomic mass is 10.0. The lowest BCUT2D eigenvalue weighted by molar-refractivity contribution is -0.143. The van der Waals surface area contributed by atoms with Crippen molar-refractivity contribution in [2.45, 2.75) is 64.1 Å². The molecule has 0 saturated heterocycles. The summed E-state index contributed by atoms with van der Waals surface area (Å²) < 4.78 is 12.2. The quantitative estimate of drug-likeness (QED) is 0.276. The van der Waals surface area contributed by atoms with Gasteiger partial charge in [-0.2, -0.15) is 0 Å². The molecule has 1 atom stereocenters. The average Bonchev–Trinajstić information content (AvgIpc) is 3.47. The normalized spacial score (nSPS) is 14.0. The van der Waals surface area contributed by atoms with Crippen molar-refractivity contribution in [2.75, 3.05) is 13.7 Å². The van der Waals surface area contributed by atoms with Gasteiger partial charge in [0.2, 0.25) is 5.91 Å². The van der Waals surface area contributed by atoms with Crippen LogP contribution in [-0.4, -0.2) is 42.5 Å². The lowest BCUT2D eigenvalue weighted by Gasteiger charge is -2.32. The van der Waals surface area contributed by atoms with E-state index in [1.807, 2.05) is 72.8 Å². The van der Waals surface area contributed by atoms with Crippen LogP contribution < -0.4 is 14.8 Å².